The summed E-state index contributed by atoms with van der Waals surface area (Å²) in [4.78, 5) is 11.8. The number of hydrogen-bond donors (Lipinski definition) is 1. The molecule has 0 saturated heterocycles. The van der Waals surface area contributed by atoms with Gasteiger partial charge in [-0.15, -0.1) is 0 Å². The van der Waals surface area contributed by atoms with Gasteiger partial charge in [0.2, 0.25) is 0 Å². The summed E-state index contributed by atoms with van der Waals surface area (Å²) in [6, 6.07) is 4.11. The van der Waals surface area contributed by atoms with Gasteiger partial charge in [0.15, 0.2) is 0 Å². The zero-order valence-electron chi connectivity index (χ0n) is 9.57. The van der Waals surface area contributed by atoms with Gasteiger partial charge in [-0.2, -0.15) is 0 Å². The lowest BCUT2D eigenvalue weighted by Crippen LogP contribution is -2.19. The normalized spacial score (nSPS) is 18.6. The van der Waals surface area contributed by atoms with E-state index in [1.54, 1.807) is 18.4 Å². The minimum Gasteiger partial charge on any atom is -0.463 e. The maximum atomic E-state index is 13.0. The maximum Gasteiger partial charge on any atom is 0.336 e. The van der Waals surface area contributed by atoms with E-state index in [2.05, 4.69) is 20.7 Å². The molecule has 0 saturated carbocycles. The van der Waals surface area contributed by atoms with Crippen LogP contribution in [0.4, 0.5) is 4.39 Å². The average Bonchev–Trinajstić information content (AvgIpc) is 2.78. The van der Waals surface area contributed by atoms with Crippen molar-refractivity contribution in [1.29, 1.82) is 0 Å². The highest BCUT2D eigenvalue weighted by Gasteiger charge is 2.29. The Labute approximate surface area is 117 Å². The van der Waals surface area contributed by atoms with Crippen LogP contribution >= 0.6 is 27.9 Å². The van der Waals surface area contributed by atoms with Gasteiger partial charge in [-0.05, 0) is 30.0 Å². The van der Waals surface area contributed by atoms with Crippen LogP contribution in [0.5, 0.6) is 0 Å². The van der Waals surface area contributed by atoms with Crippen LogP contribution in [0.25, 0.3) is 0 Å². The summed E-state index contributed by atoms with van der Waals surface area (Å²) in [6.07, 6.45) is 0. The summed E-state index contributed by atoms with van der Waals surface area (Å²) in [5, 5.41) is 1.72. The molecule has 18 heavy (non-hydrogen) atoms. The smallest absolute Gasteiger partial charge is 0.336 e. The summed E-state index contributed by atoms with van der Waals surface area (Å²) in [5.41, 5.74) is 1.34. The summed E-state index contributed by atoms with van der Waals surface area (Å²) in [7, 11) is 0. The number of rotatable bonds is 3. The average molecular weight is 332 g/mol. The van der Waals surface area contributed by atoms with Crippen molar-refractivity contribution in [3.8, 4) is 0 Å². The third kappa shape index (κ3) is 2.76. The van der Waals surface area contributed by atoms with Crippen LogP contribution in [0.2, 0.25) is 0 Å². The molecule has 2 rings (SSSR count). The van der Waals surface area contributed by atoms with E-state index in [0.717, 1.165) is 5.56 Å². The molecule has 6 heteroatoms. The lowest BCUT2D eigenvalue weighted by Gasteiger charge is -2.15. The Kier molecular flexibility index (Phi) is 4.42. The Morgan fingerprint density at radius 1 is 1.61 bits per heavy atom. The van der Waals surface area contributed by atoms with E-state index in [0.29, 0.717) is 16.7 Å². The van der Waals surface area contributed by atoms with Gasteiger partial charge in [-0.1, -0.05) is 33.9 Å². The van der Waals surface area contributed by atoms with E-state index in [1.807, 2.05) is 0 Å². The van der Waals surface area contributed by atoms with E-state index in [4.69, 9.17) is 4.74 Å². The molecule has 1 N–H and O–H groups in total. The number of benzene rings is 1. The van der Waals surface area contributed by atoms with Crippen molar-refractivity contribution in [3.63, 3.8) is 0 Å². The molecule has 3 nitrogen and oxygen atoms in total. The molecule has 1 unspecified atom stereocenters. The summed E-state index contributed by atoms with van der Waals surface area (Å²) < 4.78 is 21.8. The van der Waals surface area contributed by atoms with Gasteiger partial charge in [0, 0.05) is 4.47 Å². The number of esters is 1. The van der Waals surface area contributed by atoms with Crippen LogP contribution in [0.3, 0.4) is 0 Å². The van der Waals surface area contributed by atoms with Crippen molar-refractivity contribution in [3.05, 3.63) is 45.0 Å². The van der Waals surface area contributed by atoms with Crippen LogP contribution < -0.4 is 4.72 Å². The van der Waals surface area contributed by atoms with Crippen LogP contribution in [-0.4, -0.2) is 12.6 Å². The third-order valence-electron chi connectivity index (χ3n) is 2.47. The fourth-order valence-corrected chi connectivity index (χ4v) is 3.04. The van der Waals surface area contributed by atoms with Gasteiger partial charge in [0.05, 0.1) is 18.2 Å². The van der Waals surface area contributed by atoms with Gasteiger partial charge < -0.3 is 4.74 Å². The molecule has 0 aromatic heterocycles. The lowest BCUT2D eigenvalue weighted by atomic mass is 10.0. The van der Waals surface area contributed by atoms with E-state index in [1.165, 1.54) is 24.1 Å². The fourth-order valence-electron chi connectivity index (χ4n) is 1.64. The number of ether oxygens (including phenoxy) is 1. The second-order valence-corrected chi connectivity index (χ2v) is 5.19. The van der Waals surface area contributed by atoms with Crippen molar-refractivity contribution in [2.45, 2.75) is 13.0 Å². The van der Waals surface area contributed by atoms with Crippen LogP contribution in [0.1, 0.15) is 18.5 Å². The first-order valence-electron chi connectivity index (χ1n) is 5.36. The molecular weight excluding hydrogens is 321 g/mol. The van der Waals surface area contributed by atoms with Gasteiger partial charge in [-0.25, -0.2) is 13.9 Å². The van der Waals surface area contributed by atoms with Crippen molar-refractivity contribution >= 4 is 33.8 Å². The second kappa shape index (κ2) is 5.86. The van der Waals surface area contributed by atoms with Crippen molar-refractivity contribution in [2.75, 3.05) is 6.61 Å². The van der Waals surface area contributed by atoms with Gasteiger partial charge in [0.25, 0.3) is 0 Å². The Morgan fingerprint density at radius 3 is 3.06 bits per heavy atom. The van der Waals surface area contributed by atoms with Crippen LogP contribution in [0.15, 0.2) is 33.7 Å². The zero-order valence-corrected chi connectivity index (χ0v) is 12.0. The van der Waals surface area contributed by atoms with E-state index >= 15 is 0 Å². The van der Waals surface area contributed by atoms with Gasteiger partial charge in [0.1, 0.15) is 5.82 Å². The van der Waals surface area contributed by atoms with E-state index in [-0.39, 0.29) is 17.8 Å². The van der Waals surface area contributed by atoms with E-state index < -0.39 is 0 Å². The first-order chi connectivity index (χ1) is 8.63. The SMILES string of the molecule is CCOC(=O)C1=CSNC1c1ccc(F)cc1Br. The molecule has 1 aliphatic heterocycles. The van der Waals surface area contributed by atoms with Gasteiger partial charge >= 0.3 is 5.97 Å². The van der Waals surface area contributed by atoms with Crippen molar-refractivity contribution in [2.24, 2.45) is 0 Å². The summed E-state index contributed by atoms with van der Waals surface area (Å²) >= 11 is 4.63. The summed E-state index contributed by atoms with van der Waals surface area (Å²) in [5.74, 6) is -0.672. The molecule has 1 aromatic carbocycles. The lowest BCUT2D eigenvalue weighted by molar-refractivity contribution is -0.138. The minimum atomic E-state index is -0.351. The van der Waals surface area contributed by atoms with E-state index in [9.17, 15) is 9.18 Å². The molecular formula is C12H11BrFNO2S. The summed E-state index contributed by atoms with van der Waals surface area (Å²) in [6.45, 7) is 2.09. The van der Waals surface area contributed by atoms with Crippen molar-refractivity contribution < 1.29 is 13.9 Å². The molecule has 1 atom stereocenters. The predicted octanol–water partition coefficient (Wildman–Crippen LogP) is 3.33. The van der Waals surface area contributed by atoms with Crippen LogP contribution in [-0.2, 0) is 9.53 Å². The molecule has 96 valence electrons. The number of carbonyl (C=O) groups excluding carboxylic acids is 1. The molecule has 0 spiro atoms. The molecule has 0 radical (unpaired) electrons. The standard InChI is InChI=1S/C12H11BrFNO2S/c1-2-17-12(16)9-6-18-15-11(9)8-4-3-7(14)5-10(8)13/h3-6,11,15H,2H2,1H3. The Hall–Kier alpha value is -0.850. The molecule has 1 aromatic rings. The predicted molar refractivity (Wildman–Crippen MR) is 72.3 cm³/mol. The molecule has 1 heterocycles. The maximum absolute atomic E-state index is 13.0. The molecule has 0 amide bonds. The Bertz CT molecular complexity index is 507. The molecule has 0 bridgehead atoms. The van der Waals surface area contributed by atoms with Crippen LogP contribution in [0, 0.1) is 5.82 Å². The second-order valence-electron chi connectivity index (χ2n) is 3.63. The fraction of sp³-hybridized carbons (Fsp3) is 0.250. The quantitative estimate of drug-likeness (QED) is 0.681. The Balaban J connectivity index is 2.28. The number of nitrogens with one attached hydrogen (secondary N) is 1. The highest BCUT2D eigenvalue weighted by atomic mass is 79.9. The Morgan fingerprint density at radius 2 is 2.39 bits per heavy atom. The number of carbonyl (C=O) groups is 1. The minimum absolute atomic E-state index is 0.288. The largest absolute Gasteiger partial charge is 0.463 e. The van der Waals surface area contributed by atoms with Crippen molar-refractivity contribution in [1.82, 2.24) is 4.72 Å². The highest BCUT2D eigenvalue weighted by molar-refractivity contribution is 9.10. The third-order valence-corrected chi connectivity index (χ3v) is 3.90. The number of halogens is 2. The first-order valence-corrected chi connectivity index (χ1v) is 7.04. The highest BCUT2D eigenvalue weighted by Crippen LogP contribution is 2.36. The number of hydrogen-bond acceptors (Lipinski definition) is 4. The topological polar surface area (TPSA) is 38.3 Å². The molecule has 0 fully saturated rings. The first kappa shape index (κ1) is 13.6. The molecule has 0 aliphatic carbocycles. The monoisotopic (exact) mass is 331 g/mol. The zero-order chi connectivity index (χ0) is 13.1. The van der Waals surface area contributed by atoms with Gasteiger partial charge in [-0.3, -0.25) is 0 Å². The molecule has 1 aliphatic rings.